The van der Waals surface area contributed by atoms with Crippen molar-refractivity contribution in [2.45, 2.75) is 45.6 Å². The van der Waals surface area contributed by atoms with Gasteiger partial charge in [0.15, 0.2) is 0 Å². The first-order valence-electron chi connectivity index (χ1n) is 7.14. The summed E-state index contributed by atoms with van der Waals surface area (Å²) in [5, 5.41) is 6.92. The van der Waals surface area contributed by atoms with Crippen molar-refractivity contribution in [2.24, 2.45) is 5.92 Å². The Hall–Kier alpha value is -1.16. The normalized spacial score (nSPS) is 19.2. The first-order valence-corrected chi connectivity index (χ1v) is 7.14. The Morgan fingerprint density at radius 1 is 1.33 bits per heavy atom. The number of hydrogen-bond acceptors (Lipinski definition) is 4. The summed E-state index contributed by atoms with van der Waals surface area (Å²) in [5.74, 6) is 2.90. The number of aryl methyl sites for hydroxylation is 1. The zero-order chi connectivity index (χ0) is 12.4. The molecule has 2 aliphatic rings. The molecule has 0 bridgehead atoms. The molecule has 2 heterocycles. The summed E-state index contributed by atoms with van der Waals surface area (Å²) in [7, 11) is 0. The standard InChI is InChI=1S/C14H22N4/c1-10-17-13-6-7-15-9-12(13)14(18-10)16-8-5-11-3-2-4-11/h11,15H,2-9H2,1H3,(H,16,17,18). The molecule has 1 aromatic rings. The lowest BCUT2D eigenvalue weighted by atomic mass is 9.83. The number of hydrogen-bond donors (Lipinski definition) is 2. The fraction of sp³-hybridized carbons (Fsp3) is 0.714. The van der Waals surface area contributed by atoms with E-state index in [0.717, 1.165) is 43.6 Å². The molecule has 4 heteroatoms. The predicted molar refractivity (Wildman–Crippen MR) is 72.6 cm³/mol. The van der Waals surface area contributed by atoms with Gasteiger partial charge >= 0.3 is 0 Å². The molecular formula is C14H22N4. The molecular weight excluding hydrogens is 224 g/mol. The van der Waals surface area contributed by atoms with E-state index in [2.05, 4.69) is 20.6 Å². The van der Waals surface area contributed by atoms with Gasteiger partial charge in [-0.2, -0.15) is 0 Å². The van der Waals surface area contributed by atoms with E-state index in [-0.39, 0.29) is 0 Å². The van der Waals surface area contributed by atoms with Crippen molar-refractivity contribution >= 4 is 5.82 Å². The lowest BCUT2D eigenvalue weighted by molar-refractivity contribution is 0.303. The van der Waals surface area contributed by atoms with E-state index in [0.29, 0.717) is 0 Å². The molecule has 1 aromatic heterocycles. The fourth-order valence-electron chi connectivity index (χ4n) is 2.79. The van der Waals surface area contributed by atoms with E-state index in [4.69, 9.17) is 0 Å². The zero-order valence-corrected chi connectivity index (χ0v) is 11.1. The van der Waals surface area contributed by atoms with Crippen LogP contribution in [-0.2, 0) is 13.0 Å². The molecule has 0 radical (unpaired) electrons. The average Bonchev–Trinajstić information content (AvgIpc) is 2.32. The van der Waals surface area contributed by atoms with Crippen LogP contribution in [0.1, 0.15) is 42.8 Å². The van der Waals surface area contributed by atoms with Gasteiger partial charge < -0.3 is 10.6 Å². The minimum absolute atomic E-state index is 0.891. The maximum absolute atomic E-state index is 4.56. The van der Waals surface area contributed by atoms with Gasteiger partial charge in [0, 0.05) is 31.6 Å². The molecule has 0 spiro atoms. The van der Waals surface area contributed by atoms with E-state index in [1.54, 1.807) is 0 Å². The number of aromatic nitrogens is 2. The molecule has 3 rings (SSSR count). The molecule has 1 aliphatic heterocycles. The summed E-state index contributed by atoms with van der Waals surface area (Å²) < 4.78 is 0. The quantitative estimate of drug-likeness (QED) is 0.853. The third-order valence-electron chi connectivity index (χ3n) is 4.11. The van der Waals surface area contributed by atoms with Crippen molar-refractivity contribution in [3.63, 3.8) is 0 Å². The van der Waals surface area contributed by atoms with Crippen LogP contribution in [0.2, 0.25) is 0 Å². The Labute approximate surface area is 109 Å². The van der Waals surface area contributed by atoms with E-state index >= 15 is 0 Å². The van der Waals surface area contributed by atoms with Crippen molar-refractivity contribution in [1.82, 2.24) is 15.3 Å². The first-order chi connectivity index (χ1) is 8.83. The highest BCUT2D eigenvalue weighted by Crippen LogP contribution is 2.29. The van der Waals surface area contributed by atoms with E-state index in [9.17, 15) is 0 Å². The van der Waals surface area contributed by atoms with Crippen molar-refractivity contribution in [3.05, 3.63) is 17.1 Å². The maximum Gasteiger partial charge on any atom is 0.134 e. The number of anilines is 1. The third kappa shape index (κ3) is 2.48. The third-order valence-corrected chi connectivity index (χ3v) is 4.11. The molecule has 0 atom stereocenters. The van der Waals surface area contributed by atoms with Crippen LogP contribution in [-0.4, -0.2) is 23.1 Å². The van der Waals surface area contributed by atoms with Crippen molar-refractivity contribution < 1.29 is 0 Å². The Morgan fingerprint density at radius 2 is 2.22 bits per heavy atom. The number of nitrogens with one attached hydrogen (secondary N) is 2. The highest BCUT2D eigenvalue weighted by Gasteiger charge is 2.18. The van der Waals surface area contributed by atoms with Crippen LogP contribution < -0.4 is 10.6 Å². The average molecular weight is 246 g/mol. The summed E-state index contributed by atoms with van der Waals surface area (Å²) in [4.78, 5) is 9.12. The topological polar surface area (TPSA) is 49.8 Å². The molecule has 0 aromatic carbocycles. The monoisotopic (exact) mass is 246 g/mol. The molecule has 1 fully saturated rings. The van der Waals surface area contributed by atoms with Gasteiger partial charge in [0.05, 0.1) is 5.69 Å². The molecule has 1 saturated carbocycles. The van der Waals surface area contributed by atoms with Crippen LogP contribution in [0, 0.1) is 12.8 Å². The Kier molecular flexibility index (Phi) is 3.46. The van der Waals surface area contributed by atoms with Gasteiger partial charge in [-0.3, -0.25) is 0 Å². The lowest BCUT2D eigenvalue weighted by Crippen LogP contribution is -2.27. The second-order valence-electron chi connectivity index (χ2n) is 5.48. The summed E-state index contributed by atoms with van der Waals surface area (Å²) in [5.41, 5.74) is 2.51. The van der Waals surface area contributed by atoms with Crippen LogP contribution >= 0.6 is 0 Å². The largest absolute Gasteiger partial charge is 0.370 e. The van der Waals surface area contributed by atoms with Gasteiger partial charge in [0.25, 0.3) is 0 Å². The molecule has 0 saturated heterocycles. The van der Waals surface area contributed by atoms with Gasteiger partial charge in [-0.15, -0.1) is 0 Å². The van der Waals surface area contributed by atoms with Crippen LogP contribution in [0.15, 0.2) is 0 Å². The molecule has 0 unspecified atom stereocenters. The van der Waals surface area contributed by atoms with Crippen molar-refractivity contribution in [1.29, 1.82) is 0 Å². The van der Waals surface area contributed by atoms with Crippen LogP contribution in [0.5, 0.6) is 0 Å². The van der Waals surface area contributed by atoms with Crippen LogP contribution in [0.3, 0.4) is 0 Å². The van der Waals surface area contributed by atoms with Gasteiger partial charge in [0.1, 0.15) is 11.6 Å². The molecule has 98 valence electrons. The summed E-state index contributed by atoms with van der Waals surface area (Å²) in [6, 6.07) is 0. The van der Waals surface area contributed by atoms with Crippen molar-refractivity contribution in [2.75, 3.05) is 18.4 Å². The van der Waals surface area contributed by atoms with Gasteiger partial charge in [-0.05, 0) is 19.3 Å². The van der Waals surface area contributed by atoms with Crippen LogP contribution in [0.25, 0.3) is 0 Å². The first kappa shape index (κ1) is 11.9. The van der Waals surface area contributed by atoms with Gasteiger partial charge in [-0.1, -0.05) is 19.3 Å². The fourth-order valence-corrected chi connectivity index (χ4v) is 2.79. The second kappa shape index (κ2) is 5.22. The molecule has 2 N–H and O–H groups in total. The minimum Gasteiger partial charge on any atom is -0.370 e. The highest BCUT2D eigenvalue weighted by atomic mass is 15.0. The summed E-state index contributed by atoms with van der Waals surface area (Å²) in [6.45, 7) is 4.97. The maximum atomic E-state index is 4.56. The van der Waals surface area contributed by atoms with Gasteiger partial charge in [0.2, 0.25) is 0 Å². The Balaban J connectivity index is 1.67. The molecule has 0 amide bonds. The minimum atomic E-state index is 0.891. The predicted octanol–water partition coefficient (Wildman–Crippen LogP) is 2.03. The Bertz CT molecular complexity index is 426. The SMILES string of the molecule is Cc1nc2c(c(NCCC3CCC3)n1)CNCC2. The van der Waals surface area contributed by atoms with E-state index in [1.807, 2.05) is 6.92 Å². The smallest absolute Gasteiger partial charge is 0.134 e. The van der Waals surface area contributed by atoms with Crippen LogP contribution in [0.4, 0.5) is 5.82 Å². The summed E-state index contributed by atoms with van der Waals surface area (Å²) in [6.07, 6.45) is 6.58. The zero-order valence-electron chi connectivity index (χ0n) is 11.1. The molecule has 1 aliphatic carbocycles. The molecule has 18 heavy (non-hydrogen) atoms. The van der Waals surface area contributed by atoms with E-state index in [1.165, 1.54) is 36.9 Å². The summed E-state index contributed by atoms with van der Waals surface area (Å²) >= 11 is 0. The second-order valence-corrected chi connectivity index (χ2v) is 5.48. The van der Waals surface area contributed by atoms with Gasteiger partial charge in [-0.25, -0.2) is 9.97 Å². The van der Waals surface area contributed by atoms with Crippen molar-refractivity contribution in [3.8, 4) is 0 Å². The highest BCUT2D eigenvalue weighted by molar-refractivity contribution is 5.47. The number of fused-ring (bicyclic) bond motifs is 1. The molecule has 4 nitrogen and oxygen atoms in total. The number of nitrogens with zero attached hydrogens (tertiary/aromatic N) is 2. The number of rotatable bonds is 4. The lowest BCUT2D eigenvalue weighted by Gasteiger charge is -2.26. The Morgan fingerprint density at radius 3 is 3.00 bits per heavy atom. The van der Waals surface area contributed by atoms with E-state index < -0.39 is 0 Å².